The van der Waals surface area contributed by atoms with Crippen LogP contribution in [0.5, 0.6) is 0 Å². The molecule has 1 aromatic heterocycles. The maximum Gasteiger partial charge on any atom is 0.272 e. The molecule has 4 aromatic rings. The van der Waals surface area contributed by atoms with Crippen molar-refractivity contribution < 1.29 is 4.79 Å². The molecule has 4 rings (SSSR count). The number of nitrogens with zero attached hydrogens (tertiary/aromatic N) is 2. The molecule has 0 spiro atoms. The van der Waals surface area contributed by atoms with Crippen LogP contribution in [-0.4, -0.2) is 17.1 Å². The summed E-state index contributed by atoms with van der Waals surface area (Å²) in [7, 11) is 0. The normalized spacial score (nSPS) is 11.3. The molecule has 1 N–H and O–H groups in total. The van der Waals surface area contributed by atoms with E-state index in [9.17, 15) is 4.79 Å². The first kappa shape index (κ1) is 16.0. The Kier molecular flexibility index (Phi) is 4.15. The van der Waals surface area contributed by atoms with E-state index in [2.05, 4.69) is 45.8 Å². The van der Waals surface area contributed by atoms with Crippen molar-refractivity contribution in [2.24, 2.45) is 5.10 Å². The van der Waals surface area contributed by atoms with E-state index >= 15 is 0 Å². The minimum absolute atomic E-state index is 0.279. The third-order valence-electron chi connectivity index (χ3n) is 4.35. The Hall–Kier alpha value is -3.53. The SMILES string of the molecule is Cc1ccc(C(=O)N/N=C/c2c3ccccc3cc3ccccc23)cn1. The summed E-state index contributed by atoms with van der Waals surface area (Å²) in [4.78, 5) is 16.3. The van der Waals surface area contributed by atoms with Gasteiger partial charge in [0.2, 0.25) is 0 Å². The minimum Gasteiger partial charge on any atom is -0.267 e. The predicted octanol–water partition coefficient (Wildman–Crippen LogP) is 4.46. The van der Waals surface area contributed by atoms with Crippen molar-refractivity contribution in [1.82, 2.24) is 10.4 Å². The van der Waals surface area contributed by atoms with Gasteiger partial charge in [-0.15, -0.1) is 0 Å². The molecule has 0 fully saturated rings. The minimum atomic E-state index is -0.279. The van der Waals surface area contributed by atoms with Gasteiger partial charge in [-0.1, -0.05) is 48.5 Å². The van der Waals surface area contributed by atoms with Crippen LogP contribution < -0.4 is 5.43 Å². The predicted molar refractivity (Wildman–Crippen MR) is 105 cm³/mol. The van der Waals surface area contributed by atoms with Crippen molar-refractivity contribution in [2.45, 2.75) is 6.92 Å². The number of amides is 1. The van der Waals surface area contributed by atoms with E-state index in [0.717, 1.165) is 32.8 Å². The Labute approximate surface area is 151 Å². The first-order valence-corrected chi connectivity index (χ1v) is 8.39. The Morgan fingerprint density at radius 2 is 1.62 bits per heavy atom. The lowest BCUT2D eigenvalue weighted by Gasteiger charge is -2.08. The van der Waals surface area contributed by atoms with E-state index in [0.29, 0.717) is 5.56 Å². The van der Waals surface area contributed by atoms with Gasteiger partial charge in [-0.2, -0.15) is 5.10 Å². The molecule has 1 amide bonds. The molecule has 0 aliphatic rings. The summed E-state index contributed by atoms with van der Waals surface area (Å²) in [5.74, 6) is -0.279. The number of carbonyl (C=O) groups is 1. The van der Waals surface area contributed by atoms with Crippen molar-refractivity contribution >= 4 is 33.7 Å². The van der Waals surface area contributed by atoms with Gasteiger partial charge in [0.15, 0.2) is 0 Å². The van der Waals surface area contributed by atoms with Gasteiger partial charge in [0.05, 0.1) is 11.8 Å². The summed E-state index contributed by atoms with van der Waals surface area (Å²) in [6.07, 6.45) is 3.26. The highest BCUT2D eigenvalue weighted by molar-refractivity contribution is 6.13. The third-order valence-corrected chi connectivity index (χ3v) is 4.35. The molecule has 0 saturated carbocycles. The zero-order valence-corrected chi connectivity index (χ0v) is 14.3. The van der Waals surface area contributed by atoms with Crippen LogP contribution in [0.1, 0.15) is 21.6 Å². The number of hydrogen-bond acceptors (Lipinski definition) is 3. The number of nitrogens with one attached hydrogen (secondary N) is 1. The Morgan fingerprint density at radius 1 is 0.962 bits per heavy atom. The summed E-state index contributed by atoms with van der Waals surface area (Å²) < 4.78 is 0. The first-order valence-electron chi connectivity index (χ1n) is 8.39. The average molecular weight is 339 g/mol. The number of aromatic nitrogens is 1. The maximum absolute atomic E-state index is 12.2. The number of fused-ring (bicyclic) bond motifs is 2. The first-order chi connectivity index (χ1) is 12.7. The van der Waals surface area contributed by atoms with Crippen molar-refractivity contribution in [2.75, 3.05) is 0 Å². The van der Waals surface area contributed by atoms with Gasteiger partial charge in [-0.05, 0) is 46.7 Å². The van der Waals surface area contributed by atoms with Crippen LogP contribution in [0.25, 0.3) is 21.5 Å². The molecule has 0 radical (unpaired) electrons. The lowest BCUT2D eigenvalue weighted by Crippen LogP contribution is -2.17. The number of hydrazone groups is 1. The molecule has 26 heavy (non-hydrogen) atoms. The largest absolute Gasteiger partial charge is 0.272 e. The number of carbonyl (C=O) groups excluding carboxylic acids is 1. The number of pyridine rings is 1. The summed E-state index contributed by atoms with van der Waals surface area (Å²) in [5.41, 5.74) is 4.92. The van der Waals surface area contributed by atoms with Crippen molar-refractivity contribution in [3.63, 3.8) is 0 Å². The highest BCUT2D eigenvalue weighted by atomic mass is 16.2. The molecule has 3 aromatic carbocycles. The molecule has 0 saturated heterocycles. The molecular formula is C22H17N3O. The van der Waals surface area contributed by atoms with Crippen LogP contribution >= 0.6 is 0 Å². The Morgan fingerprint density at radius 3 is 2.23 bits per heavy atom. The average Bonchev–Trinajstić information content (AvgIpc) is 2.68. The standard InChI is InChI=1S/C22H17N3O/c1-15-10-11-18(13-23-15)22(26)25-24-14-21-19-8-4-2-6-16(19)12-17-7-3-5-9-20(17)21/h2-14H,1H3,(H,25,26)/b24-14+. The molecule has 4 heteroatoms. The van der Waals surface area contributed by atoms with Crippen LogP contribution in [0.3, 0.4) is 0 Å². The highest BCUT2D eigenvalue weighted by Crippen LogP contribution is 2.27. The second-order valence-electron chi connectivity index (χ2n) is 6.12. The topological polar surface area (TPSA) is 54.4 Å². The van der Waals surface area contributed by atoms with Gasteiger partial charge in [0.1, 0.15) is 0 Å². The van der Waals surface area contributed by atoms with E-state index in [1.165, 1.54) is 0 Å². The monoisotopic (exact) mass is 339 g/mol. The molecule has 1 heterocycles. The lowest BCUT2D eigenvalue weighted by molar-refractivity contribution is 0.0955. The summed E-state index contributed by atoms with van der Waals surface area (Å²) in [5, 5.41) is 8.67. The van der Waals surface area contributed by atoms with E-state index in [1.807, 2.05) is 31.2 Å². The fraction of sp³-hybridized carbons (Fsp3) is 0.0455. The van der Waals surface area contributed by atoms with E-state index < -0.39 is 0 Å². The van der Waals surface area contributed by atoms with Crippen LogP contribution in [0.15, 0.2) is 78.0 Å². The van der Waals surface area contributed by atoms with Crippen LogP contribution in [-0.2, 0) is 0 Å². The van der Waals surface area contributed by atoms with Crippen molar-refractivity contribution in [1.29, 1.82) is 0 Å². The third kappa shape index (κ3) is 3.05. The van der Waals surface area contributed by atoms with E-state index in [4.69, 9.17) is 0 Å². The molecule has 0 aliphatic carbocycles. The molecule has 0 atom stereocenters. The molecule has 4 nitrogen and oxygen atoms in total. The van der Waals surface area contributed by atoms with Gasteiger partial charge >= 0.3 is 0 Å². The zero-order valence-electron chi connectivity index (χ0n) is 14.3. The fourth-order valence-corrected chi connectivity index (χ4v) is 3.01. The summed E-state index contributed by atoms with van der Waals surface area (Å²) >= 11 is 0. The highest BCUT2D eigenvalue weighted by Gasteiger charge is 2.07. The Balaban J connectivity index is 1.70. The lowest BCUT2D eigenvalue weighted by atomic mass is 9.97. The van der Waals surface area contributed by atoms with Gasteiger partial charge in [-0.25, -0.2) is 5.43 Å². The van der Waals surface area contributed by atoms with Crippen LogP contribution in [0.4, 0.5) is 0 Å². The number of hydrogen-bond donors (Lipinski definition) is 1. The van der Waals surface area contributed by atoms with E-state index in [-0.39, 0.29) is 5.91 Å². The summed E-state index contributed by atoms with van der Waals surface area (Å²) in [6, 6.07) is 22.0. The smallest absolute Gasteiger partial charge is 0.267 e. The maximum atomic E-state index is 12.2. The van der Waals surface area contributed by atoms with Gasteiger partial charge < -0.3 is 0 Å². The van der Waals surface area contributed by atoms with Gasteiger partial charge in [-0.3, -0.25) is 9.78 Å². The molecule has 0 aliphatic heterocycles. The number of aryl methyl sites for hydroxylation is 1. The van der Waals surface area contributed by atoms with E-state index in [1.54, 1.807) is 24.5 Å². The molecule has 0 bridgehead atoms. The van der Waals surface area contributed by atoms with Crippen LogP contribution in [0.2, 0.25) is 0 Å². The van der Waals surface area contributed by atoms with Crippen molar-refractivity contribution in [3.8, 4) is 0 Å². The zero-order chi connectivity index (χ0) is 17.9. The number of benzene rings is 3. The second-order valence-corrected chi connectivity index (χ2v) is 6.12. The quantitative estimate of drug-likeness (QED) is 0.340. The van der Waals surface area contributed by atoms with Crippen molar-refractivity contribution in [3.05, 3.63) is 89.7 Å². The molecule has 126 valence electrons. The second kappa shape index (κ2) is 6.76. The fourth-order valence-electron chi connectivity index (χ4n) is 3.01. The number of rotatable bonds is 3. The van der Waals surface area contributed by atoms with Gasteiger partial charge in [0, 0.05) is 17.5 Å². The summed E-state index contributed by atoms with van der Waals surface area (Å²) in [6.45, 7) is 1.88. The molecular weight excluding hydrogens is 322 g/mol. The molecule has 0 unspecified atom stereocenters. The van der Waals surface area contributed by atoms with Gasteiger partial charge in [0.25, 0.3) is 5.91 Å². The Bertz CT molecular complexity index is 1080. The van der Waals surface area contributed by atoms with Crippen LogP contribution in [0, 0.1) is 6.92 Å².